The number of imide groups is 1. The van der Waals surface area contributed by atoms with Gasteiger partial charge < -0.3 is 20.1 Å². The summed E-state index contributed by atoms with van der Waals surface area (Å²) in [6.45, 7) is 0.447. The van der Waals surface area contributed by atoms with E-state index >= 15 is 4.39 Å². The molecule has 3 amide bonds. The number of morpholine rings is 1. The van der Waals surface area contributed by atoms with E-state index in [1.807, 2.05) is 0 Å². The molecule has 1 aromatic carbocycles. The van der Waals surface area contributed by atoms with Crippen molar-refractivity contribution < 1.29 is 41.8 Å². The van der Waals surface area contributed by atoms with Crippen molar-refractivity contribution in [3.63, 3.8) is 0 Å². The number of amides is 3. The largest absolute Gasteiger partial charge is 0.416 e. The Hall–Kier alpha value is -3.10. The number of anilines is 1. The standard InChI is InChI=1S/C23H22F4N4O5S/c1-10-18-22(19(33)29-21(35)30-20(22)34)8-12-6-11(14(32)2-3-16-28-4-5-37-16)7-13(24)17(12)31(18)9-15(36-10)23(25,26)27/h4-7,10,15,18-19,33H,2-3,8-9H2,1H3,(H2,29,30,34,35)/t10-,15-,18?,19+,22+/m0/s1. The Balaban J connectivity index is 1.59. The number of halogens is 4. The minimum absolute atomic E-state index is 0.0173. The quantitative estimate of drug-likeness (QED) is 0.401. The lowest BCUT2D eigenvalue weighted by atomic mass is 9.65. The Labute approximate surface area is 211 Å². The number of Topliss-reactive ketones (excluding diaryl/α,β-unsaturated/α-hetero) is 1. The van der Waals surface area contributed by atoms with Crippen molar-refractivity contribution in [3.05, 3.63) is 45.7 Å². The zero-order valence-corrected chi connectivity index (χ0v) is 20.2. The molecule has 3 aliphatic heterocycles. The second kappa shape index (κ2) is 9.03. The number of nitrogens with one attached hydrogen (secondary N) is 2. The summed E-state index contributed by atoms with van der Waals surface area (Å²) in [5, 5.41) is 17.6. The number of hydrogen-bond acceptors (Lipinski definition) is 8. The fourth-order valence-corrected chi connectivity index (χ4v) is 6.19. The van der Waals surface area contributed by atoms with Gasteiger partial charge in [-0.15, -0.1) is 11.3 Å². The molecule has 4 heterocycles. The third-order valence-corrected chi connectivity index (χ3v) is 7.94. The van der Waals surface area contributed by atoms with Crippen LogP contribution in [-0.2, 0) is 22.4 Å². The minimum atomic E-state index is -4.78. The van der Waals surface area contributed by atoms with Crippen molar-refractivity contribution >= 4 is 34.7 Å². The average molecular weight is 543 g/mol. The summed E-state index contributed by atoms with van der Waals surface area (Å²) < 4.78 is 61.8. The van der Waals surface area contributed by atoms with Crippen LogP contribution in [0.5, 0.6) is 0 Å². The Kier molecular flexibility index (Phi) is 6.23. The predicted octanol–water partition coefficient (Wildman–Crippen LogP) is 2.32. The van der Waals surface area contributed by atoms with E-state index in [9.17, 15) is 32.7 Å². The lowest BCUT2D eigenvalue weighted by Gasteiger charge is -2.58. The fourth-order valence-electron chi connectivity index (χ4n) is 5.57. The number of nitrogens with zero attached hydrogens (tertiary/aromatic N) is 2. The second-order valence-electron chi connectivity index (χ2n) is 9.33. The van der Waals surface area contributed by atoms with Crippen molar-refractivity contribution in [3.8, 4) is 0 Å². The summed E-state index contributed by atoms with van der Waals surface area (Å²) in [6.07, 6.45) is -8.60. The molecule has 3 N–H and O–H groups in total. The number of ether oxygens (including phenoxy) is 1. The number of benzene rings is 1. The first-order valence-electron chi connectivity index (χ1n) is 11.4. The molecule has 0 radical (unpaired) electrons. The van der Waals surface area contributed by atoms with E-state index in [2.05, 4.69) is 15.6 Å². The van der Waals surface area contributed by atoms with Crippen LogP contribution in [0.1, 0.15) is 34.3 Å². The lowest BCUT2D eigenvalue weighted by Crippen LogP contribution is -2.77. The van der Waals surface area contributed by atoms with Crippen molar-refractivity contribution in [2.75, 3.05) is 11.4 Å². The van der Waals surface area contributed by atoms with Crippen molar-refractivity contribution in [1.82, 2.24) is 15.6 Å². The maximum atomic E-state index is 15.6. The third-order valence-electron chi connectivity index (χ3n) is 7.10. The summed E-state index contributed by atoms with van der Waals surface area (Å²) in [6, 6.07) is 0.0742. The van der Waals surface area contributed by atoms with E-state index in [1.54, 1.807) is 11.6 Å². The molecule has 2 fully saturated rings. The molecule has 5 rings (SSSR count). The zero-order chi connectivity index (χ0) is 26.7. The Morgan fingerprint density at radius 2 is 2.11 bits per heavy atom. The first-order valence-corrected chi connectivity index (χ1v) is 12.3. The number of urea groups is 1. The van der Waals surface area contributed by atoms with Gasteiger partial charge in [-0.1, -0.05) is 0 Å². The topological polar surface area (TPSA) is 121 Å². The highest BCUT2D eigenvalue weighted by Gasteiger charge is 2.64. The zero-order valence-electron chi connectivity index (χ0n) is 19.3. The maximum absolute atomic E-state index is 15.6. The molecule has 37 heavy (non-hydrogen) atoms. The van der Waals surface area contributed by atoms with Crippen molar-refractivity contribution in [2.24, 2.45) is 5.41 Å². The van der Waals surface area contributed by atoms with E-state index in [-0.39, 0.29) is 29.7 Å². The van der Waals surface area contributed by atoms with Gasteiger partial charge in [0.25, 0.3) is 0 Å². The molecule has 3 aliphatic rings. The molecular weight excluding hydrogens is 520 g/mol. The van der Waals surface area contributed by atoms with Crippen LogP contribution >= 0.6 is 11.3 Å². The fraction of sp³-hybridized carbons (Fsp3) is 0.478. The highest BCUT2D eigenvalue weighted by molar-refractivity contribution is 7.09. The molecule has 198 valence electrons. The van der Waals surface area contributed by atoms with Gasteiger partial charge in [0.15, 0.2) is 11.9 Å². The van der Waals surface area contributed by atoms with Gasteiger partial charge in [-0.25, -0.2) is 14.2 Å². The number of alkyl halides is 3. The summed E-state index contributed by atoms with van der Waals surface area (Å²) in [5.74, 6) is -2.29. The van der Waals surface area contributed by atoms with Gasteiger partial charge >= 0.3 is 12.2 Å². The summed E-state index contributed by atoms with van der Waals surface area (Å²) in [5.41, 5.74) is -2.07. The molecule has 1 spiro atoms. The van der Waals surface area contributed by atoms with E-state index in [0.717, 1.165) is 11.0 Å². The molecule has 9 nitrogen and oxygen atoms in total. The number of aryl methyl sites for hydroxylation is 1. The molecule has 2 saturated heterocycles. The van der Waals surface area contributed by atoms with E-state index in [1.165, 1.54) is 24.3 Å². The number of fused-ring (bicyclic) bond motifs is 4. The van der Waals surface area contributed by atoms with Crippen LogP contribution in [0.4, 0.5) is 28.0 Å². The van der Waals surface area contributed by atoms with Crippen LogP contribution in [0.3, 0.4) is 0 Å². The van der Waals surface area contributed by atoms with Gasteiger partial charge in [-0.05, 0) is 31.0 Å². The molecule has 0 saturated carbocycles. The number of aromatic nitrogens is 1. The van der Waals surface area contributed by atoms with Gasteiger partial charge in [0.1, 0.15) is 17.5 Å². The number of hydrogen-bond donors (Lipinski definition) is 3. The van der Waals surface area contributed by atoms with Gasteiger partial charge in [-0.2, -0.15) is 13.2 Å². The Bertz CT molecular complexity index is 1260. The van der Waals surface area contributed by atoms with Gasteiger partial charge in [0, 0.05) is 30.0 Å². The summed E-state index contributed by atoms with van der Waals surface area (Å²) in [7, 11) is 0. The molecule has 2 aromatic rings. The smallest absolute Gasteiger partial charge is 0.372 e. The first-order chi connectivity index (χ1) is 17.4. The first kappa shape index (κ1) is 25.5. The highest BCUT2D eigenvalue weighted by atomic mass is 32.1. The monoisotopic (exact) mass is 542 g/mol. The van der Waals surface area contributed by atoms with Crippen LogP contribution in [0.25, 0.3) is 0 Å². The van der Waals surface area contributed by atoms with Crippen LogP contribution in [0.2, 0.25) is 0 Å². The molecule has 0 aliphatic carbocycles. The highest BCUT2D eigenvalue weighted by Crippen LogP contribution is 2.50. The molecule has 1 unspecified atom stereocenters. The number of ketones is 1. The molecule has 5 atom stereocenters. The molecule has 0 bridgehead atoms. The van der Waals surface area contributed by atoms with Gasteiger partial charge in [0.05, 0.1) is 29.4 Å². The lowest BCUT2D eigenvalue weighted by molar-refractivity contribution is -0.246. The van der Waals surface area contributed by atoms with Crippen LogP contribution in [0, 0.1) is 11.2 Å². The number of aliphatic hydroxyl groups is 1. The molecular formula is C23H22F4N4O5S. The van der Waals surface area contributed by atoms with E-state index in [4.69, 9.17) is 4.74 Å². The third kappa shape index (κ3) is 4.26. The van der Waals surface area contributed by atoms with E-state index < -0.39 is 66.2 Å². The Morgan fingerprint density at radius 1 is 1.35 bits per heavy atom. The molecule has 14 heteroatoms. The average Bonchev–Trinajstić information content (AvgIpc) is 3.33. The van der Waals surface area contributed by atoms with Crippen molar-refractivity contribution in [2.45, 2.75) is 56.8 Å². The molecule has 1 aromatic heterocycles. The van der Waals surface area contributed by atoms with Gasteiger partial charge in [0.2, 0.25) is 5.91 Å². The van der Waals surface area contributed by atoms with Gasteiger partial charge in [-0.3, -0.25) is 14.9 Å². The van der Waals surface area contributed by atoms with Crippen LogP contribution < -0.4 is 15.5 Å². The van der Waals surface area contributed by atoms with Crippen LogP contribution in [-0.4, -0.2) is 65.0 Å². The summed E-state index contributed by atoms with van der Waals surface area (Å²) in [4.78, 5) is 43.1. The minimum Gasteiger partial charge on any atom is -0.372 e. The number of carbonyl (C=O) groups excluding carboxylic acids is 3. The number of rotatable bonds is 4. The number of carbonyl (C=O) groups is 3. The van der Waals surface area contributed by atoms with Crippen LogP contribution in [0.15, 0.2) is 23.7 Å². The predicted molar refractivity (Wildman–Crippen MR) is 122 cm³/mol. The van der Waals surface area contributed by atoms with Crippen molar-refractivity contribution in [1.29, 1.82) is 0 Å². The maximum Gasteiger partial charge on any atom is 0.416 e. The normalized spacial score (nSPS) is 29.4. The number of aliphatic hydroxyl groups excluding tert-OH is 1. The summed E-state index contributed by atoms with van der Waals surface area (Å²) >= 11 is 1.36. The van der Waals surface area contributed by atoms with E-state index in [0.29, 0.717) is 11.4 Å². The number of thiazole rings is 1. The second-order valence-corrected chi connectivity index (χ2v) is 10.3. The SMILES string of the molecule is C[C@@H]1O[C@H](C(F)(F)F)CN2c3c(F)cc(C(=O)CCc4nccs4)cc3C[C@@]3(C(=O)NC(=O)N[C@@H]3O)C12. The Morgan fingerprint density at radius 3 is 2.76 bits per heavy atom.